The van der Waals surface area contributed by atoms with Crippen molar-refractivity contribution in [2.45, 2.75) is 12.8 Å². The van der Waals surface area contributed by atoms with Crippen molar-refractivity contribution >= 4 is 35.1 Å². The van der Waals surface area contributed by atoms with Crippen molar-refractivity contribution in [2.24, 2.45) is 10.7 Å². The first-order chi connectivity index (χ1) is 8.58. The Morgan fingerprint density at radius 1 is 1.28 bits per heavy atom. The standard InChI is InChI=1S/C12H13Cl2N3O/c13-8-3-4-9(10(14)7-8)11(18)16-12(15)17-5-1-2-6-17/h3-4,7H,1-2,5-6H2,(H2,15,16,18). The number of halogens is 2. The lowest BCUT2D eigenvalue weighted by Gasteiger charge is -2.15. The molecule has 1 aliphatic rings. The zero-order chi connectivity index (χ0) is 13.1. The number of guanidine groups is 1. The monoisotopic (exact) mass is 285 g/mol. The lowest BCUT2D eigenvalue weighted by molar-refractivity contribution is 0.100. The normalized spacial score (nSPS) is 16.1. The summed E-state index contributed by atoms with van der Waals surface area (Å²) in [7, 11) is 0. The third kappa shape index (κ3) is 2.94. The number of nitrogens with two attached hydrogens (primary N) is 1. The second-order valence-electron chi connectivity index (χ2n) is 4.09. The summed E-state index contributed by atoms with van der Waals surface area (Å²) in [5.74, 6) is -0.190. The van der Waals surface area contributed by atoms with Gasteiger partial charge in [-0.3, -0.25) is 4.79 Å². The Balaban J connectivity index is 2.18. The molecule has 0 aliphatic carbocycles. The number of carbonyl (C=O) groups excluding carboxylic acids is 1. The number of carbonyl (C=O) groups is 1. The molecule has 4 nitrogen and oxygen atoms in total. The van der Waals surface area contributed by atoms with E-state index in [0.29, 0.717) is 10.6 Å². The molecule has 1 heterocycles. The molecule has 0 spiro atoms. The molecule has 0 unspecified atom stereocenters. The molecular weight excluding hydrogens is 273 g/mol. The van der Waals surface area contributed by atoms with Gasteiger partial charge in [0, 0.05) is 18.1 Å². The zero-order valence-corrected chi connectivity index (χ0v) is 11.2. The van der Waals surface area contributed by atoms with Gasteiger partial charge in [0.05, 0.1) is 10.6 Å². The Kier molecular flexibility index (Phi) is 4.09. The molecule has 0 atom stereocenters. The average Bonchev–Trinajstić information content (AvgIpc) is 2.81. The van der Waals surface area contributed by atoms with Crippen molar-refractivity contribution in [3.05, 3.63) is 33.8 Å². The van der Waals surface area contributed by atoms with Gasteiger partial charge in [-0.2, -0.15) is 4.99 Å². The topological polar surface area (TPSA) is 58.7 Å². The largest absolute Gasteiger partial charge is 0.369 e. The Morgan fingerprint density at radius 2 is 1.94 bits per heavy atom. The second kappa shape index (κ2) is 5.59. The van der Waals surface area contributed by atoms with E-state index >= 15 is 0 Å². The molecule has 0 aromatic heterocycles. The van der Waals surface area contributed by atoms with Crippen molar-refractivity contribution in [3.63, 3.8) is 0 Å². The van der Waals surface area contributed by atoms with Crippen LogP contribution in [0.15, 0.2) is 23.2 Å². The highest BCUT2D eigenvalue weighted by Gasteiger charge is 2.16. The molecule has 0 radical (unpaired) electrons. The molecule has 18 heavy (non-hydrogen) atoms. The van der Waals surface area contributed by atoms with Crippen LogP contribution in [0.25, 0.3) is 0 Å². The highest BCUT2D eigenvalue weighted by molar-refractivity contribution is 6.36. The summed E-state index contributed by atoms with van der Waals surface area (Å²) in [5.41, 5.74) is 6.09. The molecule has 0 saturated carbocycles. The molecule has 1 fully saturated rings. The summed E-state index contributed by atoms with van der Waals surface area (Å²) in [6.45, 7) is 1.69. The van der Waals surface area contributed by atoms with E-state index in [1.807, 2.05) is 4.90 Å². The van der Waals surface area contributed by atoms with Crippen molar-refractivity contribution in [1.29, 1.82) is 0 Å². The van der Waals surface area contributed by atoms with Crippen LogP contribution in [0.5, 0.6) is 0 Å². The van der Waals surface area contributed by atoms with E-state index in [-0.39, 0.29) is 11.0 Å². The van der Waals surface area contributed by atoms with Crippen LogP contribution in [0.2, 0.25) is 10.0 Å². The number of hydrogen-bond donors (Lipinski definition) is 1. The molecule has 1 saturated heterocycles. The maximum absolute atomic E-state index is 11.9. The molecule has 1 aliphatic heterocycles. The molecule has 2 rings (SSSR count). The molecule has 1 aromatic rings. The Bertz CT molecular complexity index is 496. The van der Waals surface area contributed by atoms with Crippen molar-refractivity contribution < 1.29 is 4.79 Å². The van der Waals surface area contributed by atoms with Crippen LogP contribution >= 0.6 is 23.2 Å². The molecule has 1 aromatic carbocycles. The average molecular weight is 286 g/mol. The SMILES string of the molecule is NC(=NC(=O)c1ccc(Cl)cc1Cl)N1CCCC1. The third-order valence-corrected chi connectivity index (χ3v) is 3.36. The van der Waals surface area contributed by atoms with E-state index in [4.69, 9.17) is 28.9 Å². The number of rotatable bonds is 1. The number of nitrogens with zero attached hydrogens (tertiary/aromatic N) is 2. The number of likely N-dealkylation sites (tertiary alicyclic amines) is 1. The fourth-order valence-corrected chi connectivity index (χ4v) is 2.33. The predicted octanol–water partition coefficient (Wildman–Crippen LogP) is 2.54. The number of hydrogen-bond acceptors (Lipinski definition) is 1. The second-order valence-corrected chi connectivity index (χ2v) is 4.94. The first kappa shape index (κ1) is 13.2. The van der Waals surface area contributed by atoms with E-state index in [1.165, 1.54) is 6.07 Å². The van der Waals surface area contributed by atoms with Gasteiger partial charge in [-0.1, -0.05) is 23.2 Å². The van der Waals surface area contributed by atoms with Crippen molar-refractivity contribution in [2.75, 3.05) is 13.1 Å². The highest BCUT2D eigenvalue weighted by atomic mass is 35.5. The van der Waals surface area contributed by atoms with Crippen LogP contribution in [0.4, 0.5) is 0 Å². The lowest BCUT2D eigenvalue weighted by atomic mass is 10.2. The van der Waals surface area contributed by atoms with E-state index in [2.05, 4.69) is 4.99 Å². The minimum absolute atomic E-state index is 0.253. The summed E-state index contributed by atoms with van der Waals surface area (Å²) in [5, 5.41) is 0.763. The van der Waals surface area contributed by atoms with E-state index < -0.39 is 5.91 Å². The van der Waals surface area contributed by atoms with E-state index in [0.717, 1.165) is 25.9 Å². The van der Waals surface area contributed by atoms with Gasteiger partial charge in [-0.15, -0.1) is 0 Å². The molecule has 0 bridgehead atoms. The predicted molar refractivity (Wildman–Crippen MR) is 73.2 cm³/mol. The third-order valence-electron chi connectivity index (χ3n) is 2.81. The zero-order valence-electron chi connectivity index (χ0n) is 9.70. The maximum atomic E-state index is 11.9. The fraction of sp³-hybridized carbons (Fsp3) is 0.333. The minimum atomic E-state index is -0.443. The Labute approximate surface area is 115 Å². The van der Waals surface area contributed by atoms with Crippen LogP contribution in [0.1, 0.15) is 23.2 Å². The van der Waals surface area contributed by atoms with Gasteiger partial charge in [-0.05, 0) is 31.0 Å². The van der Waals surface area contributed by atoms with Crippen molar-refractivity contribution in [1.82, 2.24) is 4.90 Å². The van der Waals surface area contributed by atoms with Gasteiger partial charge >= 0.3 is 0 Å². The van der Waals surface area contributed by atoms with Crippen LogP contribution in [0, 0.1) is 0 Å². The van der Waals surface area contributed by atoms with E-state index in [1.54, 1.807) is 12.1 Å². The van der Waals surface area contributed by atoms with Gasteiger partial charge in [0.1, 0.15) is 0 Å². The van der Waals surface area contributed by atoms with Crippen LogP contribution in [0.3, 0.4) is 0 Å². The lowest BCUT2D eigenvalue weighted by Crippen LogP contribution is -2.35. The first-order valence-corrected chi connectivity index (χ1v) is 6.42. The van der Waals surface area contributed by atoms with Gasteiger partial charge in [0.2, 0.25) is 0 Å². The first-order valence-electron chi connectivity index (χ1n) is 5.66. The van der Waals surface area contributed by atoms with Crippen LogP contribution in [-0.2, 0) is 0 Å². The summed E-state index contributed by atoms with van der Waals surface area (Å²) in [4.78, 5) is 17.7. The summed E-state index contributed by atoms with van der Waals surface area (Å²) >= 11 is 11.7. The van der Waals surface area contributed by atoms with Crippen molar-refractivity contribution in [3.8, 4) is 0 Å². The molecule has 1 amide bonds. The summed E-state index contributed by atoms with van der Waals surface area (Å²) in [6.07, 6.45) is 2.15. The smallest absolute Gasteiger partial charge is 0.281 e. The Hall–Kier alpha value is -1.26. The number of benzene rings is 1. The number of aliphatic imine (C=N–C) groups is 1. The fourth-order valence-electron chi connectivity index (χ4n) is 1.84. The molecule has 96 valence electrons. The molecule has 2 N–H and O–H groups in total. The minimum Gasteiger partial charge on any atom is -0.369 e. The van der Waals surface area contributed by atoms with Crippen LogP contribution in [-0.4, -0.2) is 29.9 Å². The maximum Gasteiger partial charge on any atom is 0.281 e. The highest BCUT2D eigenvalue weighted by Crippen LogP contribution is 2.21. The van der Waals surface area contributed by atoms with Gasteiger partial charge in [0.25, 0.3) is 5.91 Å². The van der Waals surface area contributed by atoms with Gasteiger partial charge in [-0.25, -0.2) is 0 Å². The van der Waals surface area contributed by atoms with Gasteiger partial charge < -0.3 is 10.6 Å². The van der Waals surface area contributed by atoms with E-state index in [9.17, 15) is 4.79 Å². The number of amides is 1. The summed E-state index contributed by atoms with van der Waals surface area (Å²) in [6, 6.07) is 4.66. The molecule has 6 heteroatoms. The Morgan fingerprint density at radius 3 is 2.56 bits per heavy atom. The quantitative estimate of drug-likeness (QED) is 0.637. The van der Waals surface area contributed by atoms with Crippen LogP contribution < -0.4 is 5.73 Å². The summed E-state index contributed by atoms with van der Waals surface area (Å²) < 4.78 is 0. The molecular formula is C12H13Cl2N3O. The van der Waals surface area contributed by atoms with Gasteiger partial charge in [0.15, 0.2) is 5.96 Å².